The van der Waals surface area contributed by atoms with Gasteiger partial charge >= 0.3 is 0 Å². The second-order valence-electron chi connectivity index (χ2n) is 52.4. The molecular weight excluding hydrogens is 1330 g/mol. The highest BCUT2D eigenvalue weighted by molar-refractivity contribution is 6.65. The van der Waals surface area contributed by atoms with E-state index in [0.29, 0.717) is 27.1 Å². The first-order valence-corrected chi connectivity index (χ1v) is 52.1. The molecule has 3 nitrogen and oxygen atoms in total. The van der Waals surface area contributed by atoms with Crippen molar-refractivity contribution in [2.45, 2.75) is 490 Å². The summed E-state index contributed by atoms with van der Waals surface area (Å²) in [4.78, 5) is 11.6. The van der Waals surface area contributed by atoms with Crippen molar-refractivity contribution < 1.29 is 0 Å². The molecule has 0 amide bonds. The Kier molecular flexibility index (Phi) is 22.6. The summed E-state index contributed by atoms with van der Waals surface area (Å²) >= 11 is 0. The van der Waals surface area contributed by atoms with Crippen LogP contribution in [0.3, 0.4) is 0 Å². The van der Waals surface area contributed by atoms with Crippen LogP contribution in [0.2, 0.25) is 17.5 Å². The molecule has 19 fully saturated rings. The maximum Gasteiger partial charge on any atom is 0.156 e. The molecule has 0 spiro atoms. The van der Waals surface area contributed by atoms with Gasteiger partial charge in [0, 0.05) is 54.4 Å². The van der Waals surface area contributed by atoms with E-state index in [1.165, 1.54) is 116 Å². The van der Waals surface area contributed by atoms with E-state index in [0.717, 1.165) is 226 Å². The van der Waals surface area contributed by atoms with Crippen LogP contribution >= 0.6 is 0 Å². The summed E-state index contributed by atoms with van der Waals surface area (Å²) in [5.41, 5.74) is 1.91. The molecule has 19 rings (SSSR count). The standard InChI is InChI=1S/C106H180BN3/c1-102(2,3)71-46-53-91-87(56-71)88-57-72(103(4,5)6)47-54-92(88)108(91)76-48-52-90-94(64-76)110(101-85(67-35-24-18-25-36-67)60-74(105(10,11)12)61-86(101)68-37-26-19-27-38-68)96-63-75(106(13,14)15)62-95-99(96)107(90)89-51-45-70(77-49-50-82-80-42-29-40-69-39-28-41-79(97(69)80)81-44-30-43-78(77)98(81)82)55-93(89)109(95)100-83(65-31-20-16-21-32-65)58-73(104(7,8)9)59-84(100)66-33-22-17-23-34-66/h65-101H,16-64H2,1-15H3. The van der Waals surface area contributed by atoms with Gasteiger partial charge < -0.3 is 0 Å². The zero-order valence-corrected chi connectivity index (χ0v) is 75.4. The molecule has 29 atom stereocenters. The number of likely N-dealkylation sites (tertiary alicyclic amines) is 1. The fraction of sp³-hybridized carbons (Fsp3) is 1.00. The van der Waals surface area contributed by atoms with Crippen LogP contribution in [0.4, 0.5) is 0 Å². The minimum atomic E-state index is 0.309. The number of fused-ring (bicyclic) bond motifs is 9. The molecular formula is C106H180BN3. The molecule has 3 saturated heterocycles. The predicted molar refractivity (Wildman–Crippen MR) is 467 cm³/mol. The number of nitrogens with zero attached hydrogens (tertiary/aromatic N) is 3. The van der Waals surface area contributed by atoms with E-state index in [9.17, 15) is 0 Å². The molecule has 0 aromatic rings. The van der Waals surface area contributed by atoms with E-state index in [1.807, 2.05) is 0 Å². The summed E-state index contributed by atoms with van der Waals surface area (Å²) in [5, 5.41) is 0. The second-order valence-corrected chi connectivity index (χ2v) is 52.4. The molecule has 110 heavy (non-hydrogen) atoms. The monoisotopic (exact) mass is 1510 g/mol. The summed E-state index contributed by atoms with van der Waals surface area (Å²) in [7, 11) is 0. The molecule has 4 heteroatoms. The lowest BCUT2D eigenvalue weighted by Crippen LogP contribution is -2.77. The zero-order valence-electron chi connectivity index (χ0n) is 75.4. The van der Waals surface area contributed by atoms with Crippen LogP contribution in [-0.4, -0.2) is 75.8 Å². The van der Waals surface area contributed by atoms with Gasteiger partial charge in [-0.1, -0.05) is 284 Å². The summed E-state index contributed by atoms with van der Waals surface area (Å²) in [6.45, 7) is 42.1. The summed E-state index contributed by atoms with van der Waals surface area (Å²) in [5.74, 6) is 27.0. The van der Waals surface area contributed by atoms with Crippen LogP contribution < -0.4 is 0 Å². The van der Waals surface area contributed by atoms with Crippen molar-refractivity contribution in [3.8, 4) is 0 Å². The third-order valence-corrected chi connectivity index (χ3v) is 43.3. The predicted octanol–water partition coefficient (Wildman–Crippen LogP) is 28.8. The quantitative estimate of drug-likeness (QED) is 0.224. The lowest BCUT2D eigenvalue weighted by atomic mass is 9.18. The number of hydrogen-bond donors (Lipinski definition) is 0. The molecule has 0 bridgehead atoms. The highest BCUT2D eigenvalue weighted by atomic mass is 15.3. The Labute approximate surface area is 682 Å². The normalized spacial score (nSPS) is 49.4. The van der Waals surface area contributed by atoms with Crippen LogP contribution in [0.15, 0.2) is 0 Å². The van der Waals surface area contributed by atoms with Gasteiger partial charge in [-0.25, -0.2) is 0 Å². The lowest BCUT2D eigenvalue weighted by Gasteiger charge is -2.73. The smallest absolute Gasteiger partial charge is 0.156 e. The highest BCUT2D eigenvalue weighted by Gasteiger charge is 2.71. The first-order chi connectivity index (χ1) is 52.7. The third kappa shape index (κ3) is 14.4. The van der Waals surface area contributed by atoms with Crippen LogP contribution in [-0.2, 0) is 0 Å². The number of hydrogen-bond acceptors (Lipinski definition) is 3. The van der Waals surface area contributed by atoms with Crippen LogP contribution in [0, 0.1) is 175 Å². The van der Waals surface area contributed by atoms with Crippen molar-refractivity contribution >= 4 is 6.71 Å². The average molecular weight is 1510 g/mol. The molecule has 16 saturated carbocycles. The van der Waals surface area contributed by atoms with Crippen LogP contribution in [0.1, 0.15) is 418 Å². The largest absolute Gasteiger partial charge is 0.295 e. The Morgan fingerprint density at radius 2 is 0.536 bits per heavy atom. The molecule has 29 unspecified atom stereocenters. The number of rotatable bonds is 8. The van der Waals surface area contributed by atoms with Gasteiger partial charge in [0.25, 0.3) is 0 Å². The van der Waals surface area contributed by atoms with E-state index in [4.69, 9.17) is 0 Å². The fourth-order valence-corrected chi connectivity index (χ4v) is 38.5. The summed E-state index contributed by atoms with van der Waals surface area (Å²) in [6, 6.07) is 7.22. The van der Waals surface area contributed by atoms with E-state index >= 15 is 0 Å². The first-order valence-electron chi connectivity index (χ1n) is 52.1. The minimum Gasteiger partial charge on any atom is -0.295 e. The Morgan fingerprint density at radius 3 is 0.955 bits per heavy atom. The first kappa shape index (κ1) is 79.7. The summed E-state index contributed by atoms with van der Waals surface area (Å²) < 4.78 is 0. The lowest BCUT2D eigenvalue weighted by molar-refractivity contribution is -0.163. The Balaban J connectivity index is 0.783. The molecule has 16 aliphatic carbocycles. The Hall–Kier alpha value is -0.0551. The zero-order chi connectivity index (χ0) is 75.8. The van der Waals surface area contributed by atoms with Gasteiger partial charge in [-0.15, -0.1) is 0 Å². The van der Waals surface area contributed by atoms with Gasteiger partial charge in [0.1, 0.15) is 0 Å². The SMILES string of the molecule is CC(C)(C)C1CCC2C(C1)C1CC(C(C)(C)C)CCC1N2C1CCC2B3C4CCC(C5CCC6C7CCCC8CCCC(C9CCCC5C96)C87)CC4N(C4C(C5CCCCC5)CC(C(C)(C)C)CC4C4CCCCC4)C4CC(C(C)(C)C)CC(C34)N(C3C(C4CCCCC4)CC(C(C)(C)C)CC3C3CCCCC3)C2C1. The topological polar surface area (TPSA) is 9.72 Å². The van der Waals surface area contributed by atoms with Crippen molar-refractivity contribution in [2.75, 3.05) is 0 Å². The van der Waals surface area contributed by atoms with Gasteiger partial charge in [-0.3, -0.25) is 14.7 Å². The molecule has 19 aliphatic rings. The second kappa shape index (κ2) is 31.1. The molecule has 0 aromatic heterocycles. The van der Waals surface area contributed by atoms with Crippen molar-refractivity contribution in [1.82, 2.24) is 14.7 Å². The van der Waals surface area contributed by atoms with E-state index < -0.39 is 0 Å². The summed E-state index contributed by atoms with van der Waals surface area (Å²) in [6.07, 6.45) is 76.6. The Bertz CT molecular complexity index is 2940. The van der Waals surface area contributed by atoms with Crippen molar-refractivity contribution in [1.29, 1.82) is 0 Å². The van der Waals surface area contributed by atoms with E-state index in [-0.39, 0.29) is 0 Å². The molecule has 622 valence electrons. The fourth-order valence-electron chi connectivity index (χ4n) is 38.5. The minimum absolute atomic E-state index is 0.309. The van der Waals surface area contributed by atoms with Crippen LogP contribution in [0.25, 0.3) is 0 Å². The van der Waals surface area contributed by atoms with Crippen LogP contribution in [0.5, 0.6) is 0 Å². The Morgan fingerprint density at radius 1 is 0.200 bits per heavy atom. The molecule has 3 heterocycles. The highest BCUT2D eigenvalue weighted by Crippen LogP contribution is 2.72. The third-order valence-electron chi connectivity index (χ3n) is 43.3. The molecule has 0 N–H and O–H groups in total. The van der Waals surface area contributed by atoms with Gasteiger partial charge in [-0.05, 0) is 327 Å². The maximum absolute atomic E-state index is 4.01. The molecule has 3 aliphatic heterocycles. The molecule has 0 radical (unpaired) electrons. The average Bonchev–Trinajstić information content (AvgIpc) is 0.735. The molecule has 0 aromatic carbocycles. The van der Waals surface area contributed by atoms with Crippen molar-refractivity contribution in [3.05, 3.63) is 0 Å². The van der Waals surface area contributed by atoms with Gasteiger partial charge in [0.05, 0.1) is 0 Å². The van der Waals surface area contributed by atoms with Crippen molar-refractivity contribution in [3.63, 3.8) is 0 Å². The maximum atomic E-state index is 4.01. The van der Waals surface area contributed by atoms with E-state index in [2.05, 4.69) is 119 Å². The van der Waals surface area contributed by atoms with Crippen molar-refractivity contribution in [2.24, 2.45) is 175 Å². The van der Waals surface area contributed by atoms with E-state index in [1.54, 1.807) is 199 Å². The van der Waals surface area contributed by atoms with Gasteiger partial charge in [0.2, 0.25) is 0 Å². The van der Waals surface area contributed by atoms with Gasteiger partial charge in [-0.2, -0.15) is 0 Å². The van der Waals surface area contributed by atoms with Gasteiger partial charge in [0.15, 0.2) is 6.71 Å².